The number of aromatic nitrogens is 2. The van der Waals surface area contributed by atoms with Crippen molar-refractivity contribution in [1.82, 2.24) is 14.7 Å². The van der Waals surface area contributed by atoms with Crippen LogP contribution >= 0.6 is 0 Å². The summed E-state index contributed by atoms with van der Waals surface area (Å²) in [5.74, 6) is 0.721. The van der Waals surface area contributed by atoms with Gasteiger partial charge in [-0.25, -0.2) is 0 Å². The Hall–Kier alpha value is -1.32. The van der Waals surface area contributed by atoms with E-state index in [0.29, 0.717) is 17.9 Å². The highest BCUT2D eigenvalue weighted by atomic mass is 16.2. The largest absolute Gasteiger partial charge is 0.338 e. The molecule has 92 valence electrons. The molecule has 0 radical (unpaired) electrons. The normalized spacial score (nSPS) is 24.9. The summed E-state index contributed by atoms with van der Waals surface area (Å²) in [7, 11) is 0. The number of likely N-dealkylation sites (tertiary alicyclic amines) is 1. The summed E-state index contributed by atoms with van der Waals surface area (Å²) >= 11 is 0. The first-order valence-electron chi connectivity index (χ1n) is 6.62. The molecule has 1 aliphatic carbocycles. The fourth-order valence-electron chi connectivity index (χ4n) is 2.83. The predicted molar refractivity (Wildman–Crippen MR) is 64.3 cm³/mol. The van der Waals surface area contributed by atoms with E-state index in [2.05, 4.69) is 10.00 Å². The number of carbonyl (C=O) groups is 1. The van der Waals surface area contributed by atoms with Crippen molar-refractivity contribution in [3.8, 4) is 0 Å². The van der Waals surface area contributed by atoms with Crippen LogP contribution in [-0.4, -0.2) is 33.2 Å². The standard InChI is InChI=1S/C13H19N3O/c17-13(11-4-1-5-11)16-9-2-6-12(16)10-15-8-3-7-14-15/h3,7-8,11-12H,1-2,4-6,9-10H2/t12-/m0/s1. The van der Waals surface area contributed by atoms with Crippen LogP contribution in [0, 0.1) is 5.92 Å². The highest BCUT2D eigenvalue weighted by Crippen LogP contribution is 2.31. The predicted octanol–water partition coefficient (Wildman–Crippen LogP) is 1.67. The molecule has 1 atom stereocenters. The number of hydrogen-bond acceptors (Lipinski definition) is 2. The Morgan fingerprint density at radius 1 is 1.29 bits per heavy atom. The van der Waals surface area contributed by atoms with Crippen molar-refractivity contribution in [2.45, 2.75) is 44.7 Å². The van der Waals surface area contributed by atoms with E-state index < -0.39 is 0 Å². The van der Waals surface area contributed by atoms with Crippen LogP contribution < -0.4 is 0 Å². The van der Waals surface area contributed by atoms with Gasteiger partial charge in [-0.1, -0.05) is 6.42 Å². The molecule has 2 aliphatic rings. The van der Waals surface area contributed by atoms with E-state index in [0.717, 1.165) is 38.8 Å². The van der Waals surface area contributed by atoms with E-state index in [1.165, 1.54) is 6.42 Å². The van der Waals surface area contributed by atoms with E-state index in [1.54, 1.807) is 6.20 Å². The monoisotopic (exact) mass is 233 g/mol. The first-order chi connectivity index (χ1) is 8.34. The highest BCUT2D eigenvalue weighted by molar-refractivity contribution is 5.80. The molecule has 0 unspecified atom stereocenters. The summed E-state index contributed by atoms with van der Waals surface area (Å²) in [4.78, 5) is 14.4. The van der Waals surface area contributed by atoms with Gasteiger partial charge in [-0.15, -0.1) is 0 Å². The second kappa shape index (κ2) is 4.51. The molecule has 4 nitrogen and oxygen atoms in total. The number of carbonyl (C=O) groups excluding carboxylic acids is 1. The minimum Gasteiger partial charge on any atom is -0.338 e. The third-order valence-electron chi connectivity index (χ3n) is 4.07. The van der Waals surface area contributed by atoms with Crippen LogP contribution in [0.1, 0.15) is 32.1 Å². The maximum Gasteiger partial charge on any atom is 0.225 e. The second-order valence-corrected chi connectivity index (χ2v) is 5.18. The first kappa shape index (κ1) is 10.8. The van der Waals surface area contributed by atoms with Crippen LogP contribution in [-0.2, 0) is 11.3 Å². The first-order valence-corrected chi connectivity index (χ1v) is 6.62. The number of amides is 1. The average Bonchev–Trinajstić information content (AvgIpc) is 2.86. The van der Waals surface area contributed by atoms with Gasteiger partial charge in [-0.05, 0) is 31.7 Å². The summed E-state index contributed by atoms with van der Waals surface area (Å²) in [5, 5.41) is 4.23. The van der Waals surface area contributed by atoms with Gasteiger partial charge >= 0.3 is 0 Å². The zero-order valence-corrected chi connectivity index (χ0v) is 10.1. The van der Waals surface area contributed by atoms with Gasteiger partial charge in [0.25, 0.3) is 0 Å². The van der Waals surface area contributed by atoms with Gasteiger partial charge in [0.2, 0.25) is 5.91 Å². The lowest BCUT2D eigenvalue weighted by Crippen LogP contribution is -2.43. The molecule has 1 aromatic rings. The minimum atomic E-state index is 0.327. The van der Waals surface area contributed by atoms with E-state index in [1.807, 2.05) is 16.9 Å². The molecule has 0 spiro atoms. The van der Waals surface area contributed by atoms with Crippen molar-refractivity contribution in [2.75, 3.05) is 6.54 Å². The molecule has 0 aromatic carbocycles. The van der Waals surface area contributed by atoms with Crippen molar-refractivity contribution < 1.29 is 4.79 Å². The lowest BCUT2D eigenvalue weighted by molar-refractivity contribution is -0.139. The molecule has 1 amide bonds. The van der Waals surface area contributed by atoms with Crippen molar-refractivity contribution in [3.05, 3.63) is 18.5 Å². The maximum atomic E-state index is 12.3. The Bertz CT molecular complexity index is 383. The Balaban J connectivity index is 1.64. The summed E-state index contributed by atoms with van der Waals surface area (Å²) in [6.07, 6.45) is 9.47. The lowest BCUT2D eigenvalue weighted by Gasteiger charge is -2.32. The van der Waals surface area contributed by atoms with Gasteiger partial charge in [0, 0.05) is 24.9 Å². The van der Waals surface area contributed by atoms with Crippen LogP contribution in [0.25, 0.3) is 0 Å². The van der Waals surface area contributed by atoms with E-state index >= 15 is 0 Å². The summed E-state index contributed by atoms with van der Waals surface area (Å²) in [5.41, 5.74) is 0. The van der Waals surface area contributed by atoms with Crippen molar-refractivity contribution in [2.24, 2.45) is 5.92 Å². The van der Waals surface area contributed by atoms with Gasteiger partial charge < -0.3 is 4.90 Å². The topological polar surface area (TPSA) is 38.1 Å². The fourth-order valence-corrected chi connectivity index (χ4v) is 2.83. The highest BCUT2D eigenvalue weighted by Gasteiger charge is 2.35. The summed E-state index contributed by atoms with van der Waals surface area (Å²) in [6, 6.07) is 2.30. The Labute approximate surface area is 102 Å². The molecule has 1 saturated carbocycles. The lowest BCUT2D eigenvalue weighted by atomic mass is 9.84. The Kier molecular flexibility index (Phi) is 2.87. The number of hydrogen-bond donors (Lipinski definition) is 0. The zero-order chi connectivity index (χ0) is 11.7. The zero-order valence-electron chi connectivity index (χ0n) is 10.1. The van der Waals surface area contributed by atoms with Gasteiger partial charge in [0.05, 0.1) is 12.6 Å². The molecule has 2 fully saturated rings. The third kappa shape index (κ3) is 2.08. The molecule has 17 heavy (non-hydrogen) atoms. The summed E-state index contributed by atoms with van der Waals surface area (Å²) in [6.45, 7) is 1.80. The van der Waals surface area contributed by atoms with E-state index in [-0.39, 0.29) is 0 Å². The van der Waals surface area contributed by atoms with E-state index in [9.17, 15) is 4.79 Å². The van der Waals surface area contributed by atoms with Gasteiger partial charge in [-0.3, -0.25) is 9.48 Å². The smallest absolute Gasteiger partial charge is 0.225 e. The second-order valence-electron chi connectivity index (χ2n) is 5.18. The Morgan fingerprint density at radius 3 is 2.82 bits per heavy atom. The van der Waals surface area contributed by atoms with Crippen LogP contribution in [0.3, 0.4) is 0 Å². The van der Waals surface area contributed by atoms with Crippen LogP contribution in [0.5, 0.6) is 0 Å². The third-order valence-corrected chi connectivity index (χ3v) is 4.07. The van der Waals surface area contributed by atoms with Crippen molar-refractivity contribution >= 4 is 5.91 Å². The van der Waals surface area contributed by atoms with Crippen molar-refractivity contribution in [3.63, 3.8) is 0 Å². The number of rotatable bonds is 3. The maximum absolute atomic E-state index is 12.3. The SMILES string of the molecule is O=C(C1CCC1)N1CCC[C@H]1Cn1cccn1. The Morgan fingerprint density at radius 2 is 2.18 bits per heavy atom. The van der Waals surface area contributed by atoms with Crippen molar-refractivity contribution in [1.29, 1.82) is 0 Å². The molecular formula is C13H19N3O. The molecule has 1 saturated heterocycles. The number of nitrogens with zero attached hydrogens (tertiary/aromatic N) is 3. The van der Waals surface area contributed by atoms with E-state index in [4.69, 9.17) is 0 Å². The van der Waals surface area contributed by atoms with Gasteiger partial charge in [0.15, 0.2) is 0 Å². The fraction of sp³-hybridized carbons (Fsp3) is 0.692. The molecule has 2 heterocycles. The molecule has 3 rings (SSSR count). The molecule has 1 aliphatic heterocycles. The molecular weight excluding hydrogens is 214 g/mol. The molecule has 4 heteroatoms. The van der Waals surface area contributed by atoms with Gasteiger partial charge in [0.1, 0.15) is 0 Å². The minimum absolute atomic E-state index is 0.327. The molecule has 0 bridgehead atoms. The van der Waals surface area contributed by atoms with Crippen LogP contribution in [0.15, 0.2) is 18.5 Å². The molecule has 0 N–H and O–H groups in total. The van der Waals surface area contributed by atoms with Gasteiger partial charge in [-0.2, -0.15) is 5.10 Å². The molecule has 1 aromatic heterocycles. The quantitative estimate of drug-likeness (QED) is 0.796. The summed E-state index contributed by atoms with van der Waals surface area (Å²) < 4.78 is 1.94. The average molecular weight is 233 g/mol. The van der Waals surface area contributed by atoms with Crippen LogP contribution in [0.2, 0.25) is 0 Å². The van der Waals surface area contributed by atoms with Crippen LogP contribution in [0.4, 0.5) is 0 Å².